The summed E-state index contributed by atoms with van der Waals surface area (Å²) in [5.74, 6) is 0. The first-order valence-corrected chi connectivity index (χ1v) is 8.34. The molecule has 0 bridgehead atoms. The van der Waals surface area contributed by atoms with Gasteiger partial charge in [0, 0.05) is 31.8 Å². The fraction of sp³-hybridized carbons (Fsp3) is 1.00. The van der Waals surface area contributed by atoms with E-state index in [1.807, 2.05) is 13.8 Å². The average molecular weight is 234 g/mol. The van der Waals surface area contributed by atoms with E-state index in [2.05, 4.69) is 18.8 Å². The van der Waals surface area contributed by atoms with Gasteiger partial charge in [0.2, 0.25) is 0 Å². The molecule has 0 heterocycles. The standard InChI is InChI=1S/C10H26N2O2Si/c1-5-12-8-10(11)9-15(4,13-6-2)14-7-3/h10,12H,5-9,11H2,1-4H3. The first kappa shape index (κ1) is 15.1. The molecule has 0 spiro atoms. The van der Waals surface area contributed by atoms with Crippen molar-refractivity contribution in [1.82, 2.24) is 5.32 Å². The zero-order chi connectivity index (χ0) is 11.7. The van der Waals surface area contributed by atoms with E-state index >= 15 is 0 Å². The van der Waals surface area contributed by atoms with Crippen LogP contribution in [0.25, 0.3) is 0 Å². The second-order valence-corrected chi connectivity index (χ2v) is 7.02. The van der Waals surface area contributed by atoms with E-state index < -0.39 is 8.56 Å². The Balaban J connectivity index is 4.02. The molecule has 3 N–H and O–H groups in total. The van der Waals surface area contributed by atoms with Crippen LogP contribution in [0.5, 0.6) is 0 Å². The maximum absolute atomic E-state index is 6.02. The first-order valence-electron chi connectivity index (χ1n) is 5.82. The number of nitrogens with one attached hydrogen (secondary N) is 1. The molecule has 0 radical (unpaired) electrons. The molecule has 5 heteroatoms. The van der Waals surface area contributed by atoms with Gasteiger partial charge in [0.15, 0.2) is 0 Å². The quantitative estimate of drug-likeness (QED) is 0.586. The number of hydrogen-bond acceptors (Lipinski definition) is 4. The summed E-state index contributed by atoms with van der Waals surface area (Å²) in [4.78, 5) is 0. The van der Waals surface area contributed by atoms with Crippen molar-refractivity contribution < 1.29 is 8.85 Å². The second kappa shape index (κ2) is 8.24. The third kappa shape index (κ3) is 7.02. The fourth-order valence-electron chi connectivity index (χ4n) is 1.65. The summed E-state index contributed by atoms with van der Waals surface area (Å²) in [6.07, 6.45) is 0. The third-order valence-corrected chi connectivity index (χ3v) is 5.25. The van der Waals surface area contributed by atoms with Gasteiger partial charge < -0.3 is 19.9 Å². The number of rotatable bonds is 9. The van der Waals surface area contributed by atoms with Crippen molar-refractivity contribution in [3.8, 4) is 0 Å². The molecule has 0 aliphatic rings. The highest BCUT2D eigenvalue weighted by Gasteiger charge is 2.32. The average Bonchev–Trinajstić information content (AvgIpc) is 2.15. The zero-order valence-electron chi connectivity index (χ0n) is 10.5. The van der Waals surface area contributed by atoms with Crippen LogP contribution in [-0.4, -0.2) is 40.9 Å². The van der Waals surface area contributed by atoms with Crippen molar-refractivity contribution in [2.45, 2.75) is 39.4 Å². The van der Waals surface area contributed by atoms with Crippen molar-refractivity contribution in [3.63, 3.8) is 0 Å². The lowest BCUT2D eigenvalue weighted by molar-refractivity contribution is 0.186. The van der Waals surface area contributed by atoms with Crippen molar-refractivity contribution in [3.05, 3.63) is 0 Å². The summed E-state index contributed by atoms with van der Waals surface area (Å²) in [7, 11) is -2.03. The van der Waals surface area contributed by atoms with Crippen LogP contribution in [0, 0.1) is 0 Å². The van der Waals surface area contributed by atoms with Gasteiger partial charge >= 0.3 is 8.56 Å². The van der Waals surface area contributed by atoms with Crippen LogP contribution in [-0.2, 0) is 8.85 Å². The van der Waals surface area contributed by atoms with Gasteiger partial charge in [0.1, 0.15) is 0 Å². The Bertz CT molecular complexity index is 152. The molecular formula is C10H26N2O2Si. The van der Waals surface area contributed by atoms with Crippen molar-refractivity contribution in [1.29, 1.82) is 0 Å². The predicted molar refractivity (Wildman–Crippen MR) is 66.2 cm³/mol. The molecule has 1 atom stereocenters. The molecule has 4 nitrogen and oxygen atoms in total. The molecule has 0 aliphatic heterocycles. The molecule has 1 unspecified atom stereocenters. The minimum absolute atomic E-state index is 0.125. The summed E-state index contributed by atoms with van der Waals surface area (Å²) in [6, 6.07) is 0.974. The molecule has 0 aromatic carbocycles. The van der Waals surface area contributed by atoms with Gasteiger partial charge in [-0.3, -0.25) is 0 Å². The maximum Gasteiger partial charge on any atom is 0.336 e. The van der Waals surface area contributed by atoms with Crippen molar-refractivity contribution in [2.75, 3.05) is 26.3 Å². The molecule has 0 aromatic heterocycles. The van der Waals surface area contributed by atoms with Gasteiger partial charge in [-0.1, -0.05) is 6.92 Å². The molecule has 0 saturated carbocycles. The molecule has 0 aliphatic carbocycles. The molecule has 0 saturated heterocycles. The lowest BCUT2D eigenvalue weighted by Crippen LogP contribution is -2.47. The van der Waals surface area contributed by atoms with E-state index in [1.165, 1.54) is 0 Å². The monoisotopic (exact) mass is 234 g/mol. The Morgan fingerprint density at radius 1 is 1.20 bits per heavy atom. The van der Waals surface area contributed by atoms with Crippen molar-refractivity contribution >= 4 is 8.56 Å². The van der Waals surface area contributed by atoms with E-state index in [1.54, 1.807) is 0 Å². The minimum atomic E-state index is -2.03. The Morgan fingerprint density at radius 2 is 1.73 bits per heavy atom. The zero-order valence-corrected chi connectivity index (χ0v) is 11.5. The highest BCUT2D eigenvalue weighted by atomic mass is 28.4. The molecular weight excluding hydrogens is 208 g/mol. The van der Waals surface area contributed by atoms with Crippen LogP contribution < -0.4 is 11.1 Å². The summed E-state index contributed by atoms with van der Waals surface area (Å²) < 4.78 is 11.5. The summed E-state index contributed by atoms with van der Waals surface area (Å²) in [5, 5.41) is 3.24. The van der Waals surface area contributed by atoms with Crippen LogP contribution in [0.1, 0.15) is 20.8 Å². The Kier molecular flexibility index (Phi) is 8.27. The fourth-order valence-corrected chi connectivity index (χ4v) is 4.29. The highest BCUT2D eigenvalue weighted by Crippen LogP contribution is 2.14. The smallest absolute Gasteiger partial charge is 0.336 e. The van der Waals surface area contributed by atoms with Crippen LogP contribution in [0.2, 0.25) is 12.6 Å². The number of nitrogens with two attached hydrogens (primary N) is 1. The van der Waals surface area contributed by atoms with E-state index in [-0.39, 0.29) is 6.04 Å². The van der Waals surface area contributed by atoms with Crippen LogP contribution >= 0.6 is 0 Å². The summed E-state index contributed by atoms with van der Waals surface area (Å²) >= 11 is 0. The molecule has 92 valence electrons. The molecule has 0 aromatic rings. The molecule has 0 fully saturated rings. The number of likely N-dealkylation sites (N-methyl/N-ethyl adjacent to an activating group) is 1. The number of hydrogen-bond donors (Lipinski definition) is 2. The first-order chi connectivity index (χ1) is 7.08. The lowest BCUT2D eigenvalue weighted by Gasteiger charge is -2.28. The normalized spacial score (nSPS) is 14.2. The van der Waals surface area contributed by atoms with E-state index in [9.17, 15) is 0 Å². The van der Waals surface area contributed by atoms with E-state index in [4.69, 9.17) is 14.6 Å². The van der Waals surface area contributed by atoms with Crippen LogP contribution in [0.15, 0.2) is 0 Å². The predicted octanol–water partition coefficient (Wildman–Crippen LogP) is 1.07. The largest absolute Gasteiger partial charge is 0.395 e. The van der Waals surface area contributed by atoms with Crippen LogP contribution in [0.4, 0.5) is 0 Å². The van der Waals surface area contributed by atoms with Gasteiger partial charge in [-0.2, -0.15) is 0 Å². The molecule has 0 amide bonds. The third-order valence-electron chi connectivity index (χ3n) is 2.19. The Labute approximate surface area is 94.8 Å². The lowest BCUT2D eigenvalue weighted by atomic mass is 10.3. The SMILES string of the molecule is CCNCC(N)C[Si](C)(OCC)OCC. The van der Waals surface area contributed by atoms with Gasteiger partial charge in [0.25, 0.3) is 0 Å². The second-order valence-electron chi connectivity index (χ2n) is 3.77. The minimum Gasteiger partial charge on any atom is -0.395 e. The molecule has 15 heavy (non-hydrogen) atoms. The van der Waals surface area contributed by atoms with Crippen molar-refractivity contribution in [2.24, 2.45) is 5.73 Å². The van der Waals surface area contributed by atoms with Gasteiger partial charge in [0.05, 0.1) is 0 Å². The van der Waals surface area contributed by atoms with Gasteiger partial charge in [-0.15, -0.1) is 0 Å². The molecule has 0 rings (SSSR count). The topological polar surface area (TPSA) is 56.5 Å². The Morgan fingerprint density at radius 3 is 2.13 bits per heavy atom. The van der Waals surface area contributed by atoms with E-state index in [0.29, 0.717) is 13.2 Å². The van der Waals surface area contributed by atoms with Crippen LogP contribution in [0.3, 0.4) is 0 Å². The summed E-state index contributed by atoms with van der Waals surface area (Å²) in [6.45, 7) is 11.4. The van der Waals surface area contributed by atoms with Gasteiger partial charge in [-0.05, 0) is 26.9 Å². The van der Waals surface area contributed by atoms with E-state index in [0.717, 1.165) is 19.1 Å². The summed E-state index contributed by atoms with van der Waals surface area (Å²) in [5.41, 5.74) is 6.02. The Hall–Kier alpha value is 0.0569. The van der Waals surface area contributed by atoms with Gasteiger partial charge in [-0.25, -0.2) is 0 Å². The highest BCUT2D eigenvalue weighted by molar-refractivity contribution is 6.66. The maximum atomic E-state index is 6.02.